The number of carboxylic acid groups (broad SMARTS) is 1. The summed E-state index contributed by atoms with van der Waals surface area (Å²) in [6.07, 6.45) is -0.402. The van der Waals surface area contributed by atoms with Crippen molar-refractivity contribution in [2.75, 3.05) is 0 Å². The summed E-state index contributed by atoms with van der Waals surface area (Å²) < 4.78 is 11.9. The fraction of sp³-hybridized carbons (Fsp3) is 0.667. The topological polar surface area (TPSA) is 68.7 Å². The normalized spacial score (nSPS) is 29.6. The van der Waals surface area contributed by atoms with Gasteiger partial charge in [0.1, 0.15) is 6.10 Å². The monoisotopic (exact) mass is 305 g/mol. The Morgan fingerprint density at radius 2 is 2.21 bits per heavy atom. The summed E-state index contributed by atoms with van der Waals surface area (Å²) in [5.41, 5.74) is -0.718. The molecule has 106 valence electrons. The lowest BCUT2D eigenvalue weighted by molar-refractivity contribution is -0.185. The van der Waals surface area contributed by atoms with Crippen LogP contribution in [0.4, 0.5) is 0 Å². The summed E-state index contributed by atoms with van der Waals surface area (Å²) in [5, 5.41) is 9.57. The van der Waals surface area contributed by atoms with Crippen molar-refractivity contribution >= 4 is 28.9 Å². The van der Waals surface area contributed by atoms with E-state index in [1.165, 1.54) is 11.3 Å². The van der Waals surface area contributed by atoms with Crippen LogP contribution in [0.1, 0.15) is 43.9 Å². The molecule has 1 aromatic heterocycles. The maximum absolute atomic E-state index is 11.7. The van der Waals surface area contributed by atoms with Crippen molar-refractivity contribution < 1.29 is 19.4 Å². The number of nitrogens with zero attached hydrogens (tertiary/aromatic N) is 1. The van der Waals surface area contributed by atoms with Crippen molar-refractivity contribution in [3.8, 4) is 0 Å². The van der Waals surface area contributed by atoms with E-state index < -0.39 is 23.5 Å². The molecule has 1 aliphatic heterocycles. The quantitative estimate of drug-likeness (QED) is 0.929. The van der Waals surface area contributed by atoms with E-state index in [1.54, 1.807) is 27.7 Å². The zero-order valence-corrected chi connectivity index (χ0v) is 12.8. The molecule has 19 heavy (non-hydrogen) atoms. The molecule has 0 radical (unpaired) electrons. The highest BCUT2D eigenvalue weighted by Gasteiger charge is 2.59. The zero-order valence-electron chi connectivity index (χ0n) is 11.2. The maximum Gasteiger partial charge on any atom is 0.339 e. The van der Waals surface area contributed by atoms with Gasteiger partial charge in [0.15, 0.2) is 15.9 Å². The van der Waals surface area contributed by atoms with Crippen molar-refractivity contribution in [1.29, 1.82) is 0 Å². The van der Waals surface area contributed by atoms with Crippen LogP contribution in [-0.4, -0.2) is 27.4 Å². The molecule has 0 saturated carbocycles. The van der Waals surface area contributed by atoms with Crippen molar-refractivity contribution in [3.05, 3.63) is 15.0 Å². The Bertz CT molecular complexity index is 516. The molecule has 7 heteroatoms. The molecule has 5 nitrogen and oxygen atoms in total. The van der Waals surface area contributed by atoms with E-state index in [4.69, 9.17) is 21.1 Å². The van der Waals surface area contributed by atoms with Gasteiger partial charge < -0.3 is 14.6 Å². The summed E-state index contributed by atoms with van der Waals surface area (Å²) in [4.78, 5) is 16.5. The van der Waals surface area contributed by atoms with Gasteiger partial charge in [-0.15, -0.1) is 11.3 Å². The van der Waals surface area contributed by atoms with Crippen molar-refractivity contribution in [2.24, 2.45) is 0 Å². The first kappa shape index (κ1) is 14.7. The van der Waals surface area contributed by atoms with E-state index in [-0.39, 0.29) is 0 Å². The molecule has 1 saturated heterocycles. The number of thiazole rings is 1. The summed E-state index contributed by atoms with van der Waals surface area (Å²) >= 11 is 7.13. The molecule has 1 N–H and O–H groups in total. The summed E-state index contributed by atoms with van der Waals surface area (Å²) in [7, 11) is 0. The van der Waals surface area contributed by atoms with Gasteiger partial charge in [-0.1, -0.05) is 18.5 Å². The van der Waals surface area contributed by atoms with Crippen LogP contribution in [0.3, 0.4) is 0 Å². The molecule has 0 spiro atoms. The predicted octanol–water partition coefficient (Wildman–Crippen LogP) is 3.16. The Labute approximate surface area is 120 Å². The lowest BCUT2D eigenvalue weighted by atomic mass is 9.92. The number of ether oxygens (including phenoxy) is 2. The van der Waals surface area contributed by atoms with E-state index in [0.717, 1.165) is 0 Å². The largest absolute Gasteiger partial charge is 0.479 e. The van der Waals surface area contributed by atoms with Gasteiger partial charge in [0, 0.05) is 0 Å². The van der Waals surface area contributed by atoms with Gasteiger partial charge in [0.05, 0.1) is 10.6 Å². The molecular weight excluding hydrogens is 290 g/mol. The average Bonchev–Trinajstić information content (AvgIpc) is 2.75. The van der Waals surface area contributed by atoms with E-state index in [0.29, 0.717) is 21.5 Å². The lowest BCUT2D eigenvalue weighted by Crippen LogP contribution is -2.43. The molecule has 1 fully saturated rings. The molecule has 2 rings (SSSR count). The SMILES string of the molecule is CC[C@]1(C(=O)O)OC(C)(C)O[C@H]1c1sc(Cl)nc1C. The second-order valence-electron chi connectivity index (χ2n) is 4.96. The highest BCUT2D eigenvalue weighted by atomic mass is 35.5. The minimum Gasteiger partial charge on any atom is -0.479 e. The Morgan fingerprint density at radius 1 is 1.58 bits per heavy atom. The van der Waals surface area contributed by atoms with Crippen LogP contribution in [0.5, 0.6) is 0 Å². The molecule has 1 aliphatic rings. The standard InChI is InChI=1S/C12H16ClNO4S/c1-5-12(9(15)16)8(17-11(3,4)18-12)7-6(2)14-10(13)19-7/h8H,5H2,1-4H3,(H,15,16)/t8-,12-/m0/s1. The van der Waals surface area contributed by atoms with Crippen molar-refractivity contribution in [2.45, 2.75) is 51.6 Å². The van der Waals surface area contributed by atoms with Gasteiger partial charge >= 0.3 is 5.97 Å². The molecule has 0 amide bonds. The van der Waals surface area contributed by atoms with Gasteiger partial charge in [-0.2, -0.15) is 0 Å². The Morgan fingerprint density at radius 3 is 2.63 bits per heavy atom. The van der Waals surface area contributed by atoms with Crippen molar-refractivity contribution in [3.63, 3.8) is 0 Å². The second-order valence-corrected chi connectivity index (χ2v) is 6.58. The van der Waals surface area contributed by atoms with Gasteiger partial charge in [0.25, 0.3) is 0 Å². The van der Waals surface area contributed by atoms with Crippen molar-refractivity contribution in [1.82, 2.24) is 4.98 Å². The first-order chi connectivity index (χ1) is 8.72. The predicted molar refractivity (Wildman–Crippen MR) is 71.5 cm³/mol. The maximum atomic E-state index is 11.7. The van der Waals surface area contributed by atoms with Gasteiger partial charge in [-0.25, -0.2) is 9.78 Å². The third kappa shape index (κ3) is 2.38. The first-order valence-corrected chi connectivity index (χ1v) is 7.15. The number of halogens is 1. The molecule has 0 aromatic carbocycles. The Balaban J connectivity index is 2.53. The number of hydrogen-bond donors (Lipinski definition) is 1. The fourth-order valence-corrected chi connectivity index (χ4v) is 3.62. The number of aromatic nitrogens is 1. The number of carbonyl (C=O) groups is 1. The summed E-state index contributed by atoms with van der Waals surface area (Å²) in [5.74, 6) is -1.99. The van der Waals surface area contributed by atoms with Crippen LogP contribution in [-0.2, 0) is 14.3 Å². The van der Waals surface area contributed by atoms with Crippen LogP contribution in [0, 0.1) is 6.92 Å². The second kappa shape index (κ2) is 4.70. The van der Waals surface area contributed by atoms with Gasteiger partial charge in [0.2, 0.25) is 0 Å². The molecule has 2 heterocycles. The highest BCUT2D eigenvalue weighted by Crippen LogP contribution is 2.50. The summed E-state index contributed by atoms with van der Waals surface area (Å²) in [6.45, 7) is 6.97. The first-order valence-electron chi connectivity index (χ1n) is 5.96. The number of hydrogen-bond acceptors (Lipinski definition) is 5. The minimum absolute atomic E-state index is 0.297. The molecule has 1 aromatic rings. The van der Waals surface area contributed by atoms with E-state index >= 15 is 0 Å². The number of carboxylic acids is 1. The number of rotatable bonds is 3. The summed E-state index contributed by atoms with van der Waals surface area (Å²) in [6, 6.07) is 0. The lowest BCUT2D eigenvalue weighted by Gasteiger charge is -2.26. The Hall–Kier alpha value is -0.690. The van der Waals surface area contributed by atoms with Crippen LogP contribution < -0.4 is 0 Å². The van der Waals surface area contributed by atoms with Crippen LogP contribution in [0.25, 0.3) is 0 Å². The molecule has 0 bridgehead atoms. The molecule has 0 unspecified atom stereocenters. The third-order valence-electron chi connectivity index (χ3n) is 3.18. The molecule has 2 atom stereocenters. The van der Waals surface area contributed by atoms with Gasteiger partial charge in [-0.05, 0) is 27.2 Å². The number of aryl methyl sites for hydroxylation is 1. The zero-order chi connectivity index (χ0) is 14.4. The van der Waals surface area contributed by atoms with Crippen LogP contribution in [0.2, 0.25) is 4.47 Å². The average molecular weight is 306 g/mol. The van der Waals surface area contributed by atoms with E-state index in [1.807, 2.05) is 0 Å². The third-order valence-corrected chi connectivity index (χ3v) is 4.49. The molecule has 0 aliphatic carbocycles. The molecular formula is C12H16ClNO4S. The highest BCUT2D eigenvalue weighted by molar-refractivity contribution is 7.15. The van der Waals surface area contributed by atoms with E-state index in [2.05, 4.69) is 4.98 Å². The Kier molecular flexibility index (Phi) is 3.64. The fourth-order valence-electron chi connectivity index (χ4n) is 2.34. The van der Waals surface area contributed by atoms with Gasteiger partial charge in [-0.3, -0.25) is 0 Å². The number of aliphatic carboxylic acids is 1. The minimum atomic E-state index is -1.40. The van der Waals surface area contributed by atoms with Crippen LogP contribution >= 0.6 is 22.9 Å². The van der Waals surface area contributed by atoms with Crippen LogP contribution in [0.15, 0.2) is 0 Å². The van der Waals surface area contributed by atoms with E-state index in [9.17, 15) is 9.90 Å². The smallest absolute Gasteiger partial charge is 0.339 e.